The molecule has 1 aromatic heterocycles. The van der Waals surface area contributed by atoms with Crippen LogP contribution in [0.15, 0.2) is 73.1 Å². The molecule has 1 heterocycles. The number of halogens is 1. The van der Waals surface area contributed by atoms with Crippen molar-refractivity contribution in [3.05, 3.63) is 90.0 Å². The molecule has 26 heavy (non-hydrogen) atoms. The summed E-state index contributed by atoms with van der Waals surface area (Å²) in [5, 5.41) is 2.75. The van der Waals surface area contributed by atoms with Gasteiger partial charge in [-0.2, -0.15) is 0 Å². The first-order chi connectivity index (χ1) is 12.6. The van der Waals surface area contributed by atoms with Gasteiger partial charge in [0, 0.05) is 18.0 Å². The molecular weight excluding hydrogens is 331 g/mol. The number of benzene rings is 2. The van der Waals surface area contributed by atoms with E-state index in [0.717, 1.165) is 5.56 Å². The summed E-state index contributed by atoms with van der Waals surface area (Å²) in [5.41, 5.74) is 2.37. The number of hydrogen-bond acceptors (Lipinski definition) is 3. The predicted octanol–water partition coefficient (Wildman–Crippen LogP) is 4.97. The highest BCUT2D eigenvalue weighted by Crippen LogP contribution is 2.24. The van der Waals surface area contributed by atoms with Crippen molar-refractivity contribution in [2.75, 3.05) is 5.32 Å². The number of nitrogens with zero attached hydrogens (tertiary/aromatic N) is 1. The van der Waals surface area contributed by atoms with Crippen molar-refractivity contribution in [2.45, 2.75) is 6.92 Å². The fourth-order valence-electron chi connectivity index (χ4n) is 2.23. The molecule has 0 spiro atoms. The van der Waals surface area contributed by atoms with Gasteiger partial charge in [-0.15, -0.1) is 0 Å². The molecule has 0 saturated heterocycles. The van der Waals surface area contributed by atoms with Crippen LogP contribution >= 0.6 is 0 Å². The van der Waals surface area contributed by atoms with E-state index in [9.17, 15) is 9.18 Å². The third-order valence-electron chi connectivity index (χ3n) is 3.56. The average molecular weight is 348 g/mol. The van der Waals surface area contributed by atoms with E-state index in [1.807, 2.05) is 31.2 Å². The lowest BCUT2D eigenvalue weighted by molar-refractivity contribution is -0.111. The van der Waals surface area contributed by atoms with E-state index in [-0.39, 0.29) is 11.7 Å². The van der Waals surface area contributed by atoms with Crippen LogP contribution in [0.1, 0.15) is 11.1 Å². The Morgan fingerprint density at radius 2 is 1.96 bits per heavy atom. The molecule has 0 aliphatic rings. The monoisotopic (exact) mass is 348 g/mol. The van der Waals surface area contributed by atoms with Crippen LogP contribution in [-0.2, 0) is 4.79 Å². The van der Waals surface area contributed by atoms with E-state index in [1.54, 1.807) is 30.5 Å². The summed E-state index contributed by atoms with van der Waals surface area (Å²) in [6.45, 7) is 1.97. The number of anilines is 1. The van der Waals surface area contributed by atoms with Crippen molar-refractivity contribution >= 4 is 17.7 Å². The molecule has 130 valence electrons. The van der Waals surface area contributed by atoms with Crippen molar-refractivity contribution < 1.29 is 13.9 Å². The zero-order chi connectivity index (χ0) is 18.4. The zero-order valence-corrected chi connectivity index (χ0v) is 14.1. The van der Waals surface area contributed by atoms with Gasteiger partial charge in [0.2, 0.25) is 5.91 Å². The van der Waals surface area contributed by atoms with Gasteiger partial charge in [-0.1, -0.05) is 23.8 Å². The van der Waals surface area contributed by atoms with E-state index >= 15 is 0 Å². The van der Waals surface area contributed by atoms with Gasteiger partial charge in [0.05, 0.1) is 6.20 Å². The Hall–Kier alpha value is -3.47. The minimum absolute atomic E-state index is 0.0965. The van der Waals surface area contributed by atoms with E-state index in [2.05, 4.69) is 10.3 Å². The Morgan fingerprint density at radius 1 is 1.15 bits per heavy atom. The van der Waals surface area contributed by atoms with Gasteiger partial charge in [0.15, 0.2) is 11.6 Å². The maximum Gasteiger partial charge on any atom is 0.248 e. The summed E-state index contributed by atoms with van der Waals surface area (Å²) >= 11 is 0. The first kappa shape index (κ1) is 17.4. The topological polar surface area (TPSA) is 51.2 Å². The first-order valence-electron chi connectivity index (χ1n) is 8.03. The molecule has 3 rings (SSSR count). The van der Waals surface area contributed by atoms with E-state index in [0.29, 0.717) is 17.0 Å². The van der Waals surface area contributed by atoms with Gasteiger partial charge in [0.25, 0.3) is 0 Å². The maximum absolute atomic E-state index is 14.2. The van der Waals surface area contributed by atoms with Crippen molar-refractivity contribution in [3.63, 3.8) is 0 Å². The maximum atomic E-state index is 14.2. The Balaban J connectivity index is 1.64. The van der Waals surface area contributed by atoms with Crippen LogP contribution in [0, 0.1) is 12.7 Å². The van der Waals surface area contributed by atoms with Crippen molar-refractivity contribution in [2.24, 2.45) is 0 Å². The van der Waals surface area contributed by atoms with Gasteiger partial charge in [-0.3, -0.25) is 9.78 Å². The highest BCUT2D eigenvalue weighted by molar-refractivity contribution is 6.01. The second-order valence-corrected chi connectivity index (χ2v) is 5.67. The number of rotatable bonds is 5. The molecule has 2 aromatic carbocycles. The third kappa shape index (κ3) is 4.77. The number of hydrogen-bond donors (Lipinski definition) is 1. The summed E-state index contributed by atoms with van der Waals surface area (Å²) in [6.07, 6.45) is 6.01. The molecule has 1 amide bonds. The molecule has 0 unspecified atom stereocenters. The van der Waals surface area contributed by atoms with E-state index < -0.39 is 5.82 Å². The molecule has 0 bridgehead atoms. The Labute approximate surface area is 151 Å². The van der Waals surface area contributed by atoms with Gasteiger partial charge in [-0.05, 0) is 55.0 Å². The number of carbonyl (C=O) groups excluding carboxylic acids is 1. The molecule has 0 fully saturated rings. The number of nitrogens with one attached hydrogen (secondary N) is 1. The summed E-state index contributed by atoms with van der Waals surface area (Å²) in [5.74, 6) is -0.258. The van der Waals surface area contributed by atoms with Crippen molar-refractivity contribution in [1.82, 2.24) is 4.98 Å². The average Bonchev–Trinajstić information content (AvgIpc) is 2.65. The van der Waals surface area contributed by atoms with Crippen LogP contribution in [0.2, 0.25) is 0 Å². The molecule has 0 saturated carbocycles. The van der Waals surface area contributed by atoms with Gasteiger partial charge in [0.1, 0.15) is 5.75 Å². The number of pyridine rings is 1. The van der Waals surface area contributed by atoms with Gasteiger partial charge >= 0.3 is 0 Å². The molecule has 3 aromatic rings. The second kappa shape index (κ2) is 8.07. The lowest BCUT2D eigenvalue weighted by Gasteiger charge is -2.06. The van der Waals surface area contributed by atoms with Gasteiger partial charge in [-0.25, -0.2) is 4.39 Å². The fraction of sp³-hybridized carbons (Fsp3) is 0.0476. The number of ether oxygens (including phenoxy) is 1. The molecule has 1 N–H and O–H groups in total. The first-order valence-corrected chi connectivity index (χ1v) is 8.03. The number of aryl methyl sites for hydroxylation is 1. The molecule has 5 heteroatoms. The number of amides is 1. The standard InChI is InChI=1S/C21H17FN2O2/c1-15-4-8-17(9-5-15)24-21(25)11-7-16-6-10-20(19(22)13-16)26-18-3-2-12-23-14-18/h2-14H,1H3,(H,24,25)/b11-7+. The van der Waals surface area contributed by atoms with Crippen LogP contribution in [0.25, 0.3) is 6.08 Å². The highest BCUT2D eigenvalue weighted by atomic mass is 19.1. The highest BCUT2D eigenvalue weighted by Gasteiger charge is 2.06. The molecule has 0 radical (unpaired) electrons. The predicted molar refractivity (Wildman–Crippen MR) is 99.6 cm³/mol. The largest absolute Gasteiger partial charge is 0.453 e. The minimum atomic E-state index is -0.519. The Bertz CT molecular complexity index is 923. The summed E-state index contributed by atoms with van der Waals surface area (Å²) in [4.78, 5) is 15.9. The SMILES string of the molecule is Cc1ccc(NC(=O)/C=C/c2ccc(Oc3cccnc3)c(F)c2)cc1. The summed E-state index contributed by atoms with van der Waals surface area (Å²) in [7, 11) is 0. The molecule has 0 atom stereocenters. The lowest BCUT2D eigenvalue weighted by Crippen LogP contribution is -2.07. The molecular formula is C21H17FN2O2. The summed E-state index contributed by atoms with van der Waals surface area (Å²) in [6, 6.07) is 15.4. The summed E-state index contributed by atoms with van der Waals surface area (Å²) < 4.78 is 19.6. The quantitative estimate of drug-likeness (QED) is 0.662. The Kier molecular flexibility index (Phi) is 5.39. The normalized spacial score (nSPS) is 10.7. The number of carbonyl (C=O) groups is 1. The zero-order valence-electron chi connectivity index (χ0n) is 14.1. The lowest BCUT2D eigenvalue weighted by atomic mass is 10.2. The molecule has 0 aliphatic carbocycles. The van der Waals surface area contributed by atoms with E-state index in [1.165, 1.54) is 24.4 Å². The van der Waals surface area contributed by atoms with Crippen LogP contribution in [0.4, 0.5) is 10.1 Å². The molecule has 0 aliphatic heterocycles. The van der Waals surface area contributed by atoms with Crippen LogP contribution in [-0.4, -0.2) is 10.9 Å². The van der Waals surface area contributed by atoms with E-state index in [4.69, 9.17) is 4.74 Å². The minimum Gasteiger partial charge on any atom is -0.453 e. The number of aromatic nitrogens is 1. The second-order valence-electron chi connectivity index (χ2n) is 5.67. The van der Waals surface area contributed by atoms with Crippen LogP contribution in [0.5, 0.6) is 11.5 Å². The van der Waals surface area contributed by atoms with Crippen molar-refractivity contribution in [1.29, 1.82) is 0 Å². The van der Waals surface area contributed by atoms with Crippen LogP contribution < -0.4 is 10.1 Å². The smallest absolute Gasteiger partial charge is 0.248 e. The van der Waals surface area contributed by atoms with Gasteiger partial charge < -0.3 is 10.1 Å². The van der Waals surface area contributed by atoms with Crippen LogP contribution in [0.3, 0.4) is 0 Å². The Morgan fingerprint density at radius 3 is 2.65 bits per heavy atom. The fourth-order valence-corrected chi connectivity index (χ4v) is 2.23. The third-order valence-corrected chi connectivity index (χ3v) is 3.56. The molecule has 4 nitrogen and oxygen atoms in total. The van der Waals surface area contributed by atoms with Crippen molar-refractivity contribution in [3.8, 4) is 11.5 Å².